The zero-order valence-corrected chi connectivity index (χ0v) is 19.5. The van der Waals surface area contributed by atoms with E-state index < -0.39 is 10.0 Å². The molecule has 0 atom stereocenters. The Bertz CT molecular complexity index is 1110. The fourth-order valence-electron chi connectivity index (χ4n) is 4.88. The summed E-state index contributed by atoms with van der Waals surface area (Å²) < 4.78 is 33.1. The summed E-state index contributed by atoms with van der Waals surface area (Å²) in [5, 5.41) is 2.86. The summed E-state index contributed by atoms with van der Waals surface area (Å²) in [7, 11) is -2.16. The Morgan fingerprint density at radius 1 is 1.06 bits per heavy atom. The molecule has 1 heterocycles. The Balaban J connectivity index is 1.63. The molecular weight excluding hydrogens is 428 g/mol. The maximum Gasteiger partial charge on any atom is 0.252 e. The van der Waals surface area contributed by atoms with Crippen LogP contribution in [0.2, 0.25) is 0 Å². The predicted octanol–water partition coefficient (Wildman–Crippen LogP) is 3.97. The number of carbonyl (C=O) groups excluding carboxylic acids is 2. The average Bonchev–Trinajstić information content (AvgIpc) is 3.00. The second kappa shape index (κ2) is 9.19. The van der Waals surface area contributed by atoms with Gasteiger partial charge in [-0.1, -0.05) is 12.0 Å². The van der Waals surface area contributed by atoms with E-state index in [-0.39, 0.29) is 16.6 Å². The number of hydrogen-bond donors (Lipinski definition) is 1. The van der Waals surface area contributed by atoms with Crippen molar-refractivity contribution in [1.29, 1.82) is 0 Å². The van der Waals surface area contributed by atoms with Gasteiger partial charge in [0.15, 0.2) is 5.78 Å². The highest BCUT2D eigenvalue weighted by Gasteiger charge is 2.32. The second-order valence-electron chi connectivity index (χ2n) is 8.70. The number of nitrogens with one attached hydrogen (secondary N) is 1. The number of sulfonamides is 1. The van der Waals surface area contributed by atoms with E-state index in [0.29, 0.717) is 49.4 Å². The first-order valence-corrected chi connectivity index (χ1v) is 12.7. The van der Waals surface area contributed by atoms with Crippen LogP contribution in [0.5, 0.6) is 5.75 Å². The smallest absolute Gasteiger partial charge is 0.252 e. The maximum absolute atomic E-state index is 13.2. The van der Waals surface area contributed by atoms with Crippen LogP contribution >= 0.6 is 0 Å². The Labute approximate surface area is 189 Å². The summed E-state index contributed by atoms with van der Waals surface area (Å²) in [5.74, 6) is 0.196. The van der Waals surface area contributed by atoms with Gasteiger partial charge in [-0.15, -0.1) is 0 Å². The van der Waals surface area contributed by atoms with Crippen molar-refractivity contribution in [3.05, 3.63) is 40.5 Å². The van der Waals surface area contributed by atoms with Gasteiger partial charge in [0.25, 0.3) is 5.91 Å². The largest absolute Gasteiger partial charge is 0.495 e. The Morgan fingerprint density at radius 3 is 2.50 bits per heavy atom. The van der Waals surface area contributed by atoms with Crippen LogP contribution in [0.1, 0.15) is 58.3 Å². The minimum Gasteiger partial charge on any atom is -0.495 e. The van der Waals surface area contributed by atoms with Crippen LogP contribution in [0.4, 0.5) is 5.69 Å². The van der Waals surface area contributed by atoms with E-state index in [4.69, 9.17) is 4.74 Å². The first kappa shape index (κ1) is 22.7. The second-order valence-corrected chi connectivity index (χ2v) is 10.6. The van der Waals surface area contributed by atoms with Gasteiger partial charge in [-0.3, -0.25) is 9.59 Å². The van der Waals surface area contributed by atoms with Crippen LogP contribution in [0, 0.1) is 0 Å². The molecule has 2 aliphatic carbocycles. The van der Waals surface area contributed by atoms with Crippen molar-refractivity contribution in [1.82, 2.24) is 4.31 Å². The molecule has 0 aromatic heterocycles. The number of ketones is 1. The number of fused-ring (bicyclic) bond motifs is 1. The lowest BCUT2D eigenvalue weighted by Gasteiger charge is -2.26. The van der Waals surface area contributed by atoms with Crippen molar-refractivity contribution < 1.29 is 22.7 Å². The minimum atomic E-state index is -3.64. The maximum atomic E-state index is 13.2. The number of nitrogens with zero attached hydrogens (tertiary/aromatic N) is 1. The molecular formula is C24H30N2O5S. The summed E-state index contributed by atoms with van der Waals surface area (Å²) in [6.07, 6.45) is 6.12. The lowest BCUT2D eigenvalue weighted by molar-refractivity contribution is -0.115. The summed E-state index contributed by atoms with van der Waals surface area (Å²) >= 11 is 0. The Morgan fingerprint density at radius 2 is 1.78 bits per heavy atom. The molecule has 0 radical (unpaired) electrons. The first-order chi connectivity index (χ1) is 15.3. The third-order valence-electron chi connectivity index (χ3n) is 6.54. The van der Waals surface area contributed by atoms with Gasteiger partial charge in [0.05, 0.1) is 17.7 Å². The van der Waals surface area contributed by atoms with Crippen molar-refractivity contribution in [3.8, 4) is 5.75 Å². The van der Waals surface area contributed by atoms with E-state index in [9.17, 15) is 18.0 Å². The van der Waals surface area contributed by atoms with Crippen LogP contribution in [0.15, 0.2) is 45.4 Å². The fraction of sp³-hybridized carbons (Fsp3) is 0.500. The molecule has 7 nitrogen and oxygen atoms in total. The number of amides is 1. The van der Waals surface area contributed by atoms with Crippen molar-refractivity contribution in [2.75, 3.05) is 25.5 Å². The highest BCUT2D eigenvalue weighted by Crippen LogP contribution is 2.40. The number of rotatable bonds is 5. The van der Waals surface area contributed by atoms with Gasteiger partial charge < -0.3 is 10.1 Å². The van der Waals surface area contributed by atoms with E-state index in [0.717, 1.165) is 48.8 Å². The summed E-state index contributed by atoms with van der Waals surface area (Å²) in [4.78, 5) is 25.9. The molecule has 1 aromatic rings. The standard InChI is InChI=1S/C24H30N2O5S/c1-16-14-19(18-8-4-5-9-21(27)23(16)18)24(28)25-20-15-17(10-11-22(20)31-2)32(29,30)26-12-6-3-7-13-26/h10-11,15H,3-9,12-14H2,1-2H3,(H,25,28). The van der Waals surface area contributed by atoms with Gasteiger partial charge in [0.1, 0.15) is 5.75 Å². The van der Waals surface area contributed by atoms with Gasteiger partial charge in [-0.05, 0) is 69.2 Å². The molecule has 1 aliphatic heterocycles. The predicted molar refractivity (Wildman–Crippen MR) is 122 cm³/mol. The van der Waals surface area contributed by atoms with E-state index in [2.05, 4.69) is 5.32 Å². The molecule has 1 aromatic carbocycles. The molecule has 2 fully saturated rings. The molecule has 1 saturated heterocycles. The van der Waals surface area contributed by atoms with Crippen molar-refractivity contribution >= 4 is 27.4 Å². The van der Waals surface area contributed by atoms with Gasteiger partial charge in [0.2, 0.25) is 10.0 Å². The average molecular weight is 459 g/mol. The fourth-order valence-corrected chi connectivity index (χ4v) is 6.42. The van der Waals surface area contributed by atoms with Gasteiger partial charge in [0, 0.05) is 30.7 Å². The quantitative estimate of drug-likeness (QED) is 0.721. The molecule has 0 unspecified atom stereocenters. The van der Waals surface area contributed by atoms with E-state index in [1.54, 1.807) is 6.07 Å². The van der Waals surface area contributed by atoms with Crippen LogP contribution in [-0.4, -0.2) is 44.6 Å². The molecule has 0 bridgehead atoms. The zero-order chi connectivity index (χ0) is 22.9. The number of anilines is 1. The topological polar surface area (TPSA) is 92.8 Å². The van der Waals surface area contributed by atoms with Crippen LogP contribution in [-0.2, 0) is 19.6 Å². The first-order valence-electron chi connectivity index (χ1n) is 11.3. The number of hydrogen-bond acceptors (Lipinski definition) is 5. The number of allylic oxidation sites excluding steroid dienone is 3. The van der Waals surface area contributed by atoms with Crippen LogP contribution in [0.25, 0.3) is 0 Å². The number of methoxy groups -OCH3 is 1. The molecule has 32 heavy (non-hydrogen) atoms. The Kier molecular flexibility index (Phi) is 6.53. The SMILES string of the molecule is COc1ccc(S(=O)(=O)N2CCCCC2)cc1NC(=O)C1=C2CCCCC(=O)C2=C(C)C1. The van der Waals surface area contributed by atoms with E-state index in [1.165, 1.54) is 23.5 Å². The highest BCUT2D eigenvalue weighted by molar-refractivity contribution is 7.89. The monoisotopic (exact) mass is 458 g/mol. The summed E-state index contributed by atoms with van der Waals surface area (Å²) in [5.41, 5.74) is 3.42. The number of Topliss-reactive ketones (excluding diaryl/α,β-unsaturated/α-hetero) is 1. The molecule has 1 N–H and O–H groups in total. The molecule has 4 rings (SSSR count). The van der Waals surface area contributed by atoms with Crippen molar-refractivity contribution in [3.63, 3.8) is 0 Å². The highest BCUT2D eigenvalue weighted by atomic mass is 32.2. The Hall–Kier alpha value is -2.45. The number of piperidine rings is 1. The van der Waals surface area contributed by atoms with Gasteiger partial charge >= 0.3 is 0 Å². The van der Waals surface area contributed by atoms with Crippen molar-refractivity contribution in [2.24, 2.45) is 0 Å². The normalized spacial score (nSPS) is 20.2. The van der Waals surface area contributed by atoms with Crippen LogP contribution in [0.3, 0.4) is 0 Å². The lowest BCUT2D eigenvalue weighted by atomic mass is 9.99. The molecule has 1 saturated carbocycles. The lowest BCUT2D eigenvalue weighted by Crippen LogP contribution is -2.35. The summed E-state index contributed by atoms with van der Waals surface area (Å²) in [6, 6.07) is 4.56. The molecule has 0 spiro atoms. The van der Waals surface area contributed by atoms with E-state index in [1.807, 2.05) is 6.92 Å². The number of benzene rings is 1. The van der Waals surface area contributed by atoms with Crippen molar-refractivity contribution in [2.45, 2.75) is 63.2 Å². The third kappa shape index (κ3) is 4.26. The number of ether oxygens (including phenoxy) is 1. The van der Waals surface area contributed by atoms with Gasteiger partial charge in [-0.25, -0.2) is 8.42 Å². The minimum absolute atomic E-state index is 0.116. The summed E-state index contributed by atoms with van der Waals surface area (Å²) in [6.45, 7) is 2.92. The van der Waals surface area contributed by atoms with E-state index >= 15 is 0 Å². The number of carbonyl (C=O) groups is 2. The molecule has 1 amide bonds. The third-order valence-corrected chi connectivity index (χ3v) is 8.43. The van der Waals surface area contributed by atoms with Gasteiger partial charge in [-0.2, -0.15) is 4.31 Å². The van der Waals surface area contributed by atoms with Crippen LogP contribution < -0.4 is 10.1 Å². The molecule has 8 heteroatoms. The molecule has 172 valence electrons. The zero-order valence-electron chi connectivity index (χ0n) is 18.7. The molecule has 3 aliphatic rings.